The van der Waals surface area contributed by atoms with Gasteiger partial charge in [0.2, 0.25) is 0 Å². The predicted octanol–water partition coefficient (Wildman–Crippen LogP) is 2.26. The summed E-state index contributed by atoms with van der Waals surface area (Å²) < 4.78 is 10.6. The molecule has 0 aliphatic carbocycles. The monoisotopic (exact) mass is 402 g/mol. The summed E-state index contributed by atoms with van der Waals surface area (Å²) in [5, 5.41) is 3.38. The number of nitrogens with one attached hydrogen (secondary N) is 1. The summed E-state index contributed by atoms with van der Waals surface area (Å²) in [5.74, 6) is 0.714. The molecule has 7 nitrogen and oxygen atoms in total. The van der Waals surface area contributed by atoms with Crippen LogP contribution in [0.2, 0.25) is 0 Å². The number of piperidine rings is 1. The summed E-state index contributed by atoms with van der Waals surface area (Å²) in [6.07, 6.45) is 1.86. The van der Waals surface area contributed by atoms with Crippen molar-refractivity contribution in [2.45, 2.75) is 33.2 Å². The van der Waals surface area contributed by atoms with Crippen LogP contribution >= 0.6 is 0 Å². The van der Waals surface area contributed by atoms with E-state index < -0.39 is 0 Å². The molecule has 0 amide bonds. The largest absolute Gasteiger partial charge is 0.466 e. The lowest BCUT2D eigenvalue weighted by Crippen LogP contribution is -2.48. The summed E-state index contributed by atoms with van der Waals surface area (Å²) in [7, 11) is 0. The Bertz CT molecular complexity index is 671. The number of hydrogen-bond donors (Lipinski definition) is 1. The standard InChI is InChI=1S/C22H34N4O3/c1-3-23-22(26-11-5-6-19(17-26)21(27)29-4-2)24-16-18-7-9-20(10-8-18)25-12-14-28-15-13-25/h7-10,19H,3-6,11-17H2,1-2H3,(H,23,24). The summed E-state index contributed by atoms with van der Waals surface area (Å²) >= 11 is 0. The van der Waals surface area contributed by atoms with Crippen molar-refractivity contribution in [2.24, 2.45) is 10.9 Å². The number of morpholine rings is 1. The van der Waals surface area contributed by atoms with Crippen molar-refractivity contribution < 1.29 is 14.3 Å². The van der Waals surface area contributed by atoms with Crippen LogP contribution < -0.4 is 10.2 Å². The fourth-order valence-corrected chi connectivity index (χ4v) is 3.85. The molecule has 2 heterocycles. The molecule has 0 aromatic heterocycles. The third kappa shape index (κ3) is 6.10. The number of guanidine groups is 1. The van der Waals surface area contributed by atoms with Crippen molar-refractivity contribution in [3.8, 4) is 0 Å². The number of carbonyl (C=O) groups is 1. The minimum atomic E-state index is -0.0910. The average molecular weight is 403 g/mol. The van der Waals surface area contributed by atoms with Gasteiger partial charge < -0.3 is 24.6 Å². The first-order chi connectivity index (χ1) is 14.2. The molecule has 2 aliphatic rings. The van der Waals surface area contributed by atoms with Crippen molar-refractivity contribution in [3.63, 3.8) is 0 Å². The molecule has 1 N–H and O–H groups in total. The SMILES string of the molecule is CCNC(=NCc1ccc(N2CCOCC2)cc1)N1CCCC(C(=O)OCC)C1. The zero-order valence-corrected chi connectivity index (χ0v) is 17.7. The fourth-order valence-electron chi connectivity index (χ4n) is 3.85. The van der Waals surface area contributed by atoms with Crippen LogP contribution in [0.5, 0.6) is 0 Å². The number of ether oxygens (including phenoxy) is 2. The normalized spacial score (nSPS) is 20.5. The van der Waals surface area contributed by atoms with E-state index in [4.69, 9.17) is 14.5 Å². The summed E-state index contributed by atoms with van der Waals surface area (Å²) in [5.41, 5.74) is 2.41. The van der Waals surface area contributed by atoms with Gasteiger partial charge in [0.05, 0.1) is 32.3 Å². The quantitative estimate of drug-likeness (QED) is 0.447. The van der Waals surface area contributed by atoms with Gasteiger partial charge in [-0.3, -0.25) is 4.79 Å². The molecule has 1 aromatic rings. The van der Waals surface area contributed by atoms with Crippen LogP contribution in [-0.2, 0) is 20.8 Å². The van der Waals surface area contributed by atoms with Crippen LogP contribution in [-0.4, -0.2) is 69.4 Å². The van der Waals surface area contributed by atoms with Crippen molar-refractivity contribution in [3.05, 3.63) is 29.8 Å². The lowest BCUT2D eigenvalue weighted by Gasteiger charge is -2.34. The van der Waals surface area contributed by atoms with E-state index in [-0.39, 0.29) is 11.9 Å². The number of nitrogens with zero attached hydrogens (tertiary/aromatic N) is 3. The predicted molar refractivity (Wildman–Crippen MR) is 115 cm³/mol. The number of aliphatic imine (C=N–C) groups is 1. The van der Waals surface area contributed by atoms with Crippen molar-refractivity contribution in [2.75, 3.05) is 57.4 Å². The highest BCUT2D eigenvalue weighted by Crippen LogP contribution is 2.19. The Kier molecular flexibility index (Phi) is 8.16. The highest BCUT2D eigenvalue weighted by atomic mass is 16.5. The van der Waals surface area contributed by atoms with Crippen LogP contribution in [0, 0.1) is 5.92 Å². The molecule has 0 bridgehead atoms. The van der Waals surface area contributed by atoms with Gasteiger partial charge >= 0.3 is 5.97 Å². The summed E-state index contributed by atoms with van der Waals surface area (Å²) in [6.45, 7) is 10.8. The molecule has 1 unspecified atom stereocenters. The average Bonchev–Trinajstić information content (AvgIpc) is 2.78. The second-order valence-electron chi connectivity index (χ2n) is 7.47. The van der Waals surface area contributed by atoms with E-state index in [9.17, 15) is 4.79 Å². The van der Waals surface area contributed by atoms with Crippen molar-refractivity contribution >= 4 is 17.6 Å². The molecule has 1 aromatic carbocycles. The minimum absolute atomic E-state index is 0.0691. The van der Waals surface area contributed by atoms with E-state index in [2.05, 4.69) is 46.3 Å². The van der Waals surface area contributed by atoms with Crippen LogP contribution in [0.15, 0.2) is 29.3 Å². The molecule has 2 fully saturated rings. The number of benzene rings is 1. The number of likely N-dealkylation sites (tertiary alicyclic amines) is 1. The smallest absolute Gasteiger partial charge is 0.310 e. The number of carbonyl (C=O) groups excluding carboxylic acids is 1. The first-order valence-corrected chi connectivity index (χ1v) is 10.8. The zero-order chi connectivity index (χ0) is 20.5. The van der Waals surface area contributed by atoms with Gasteiger partial charge in [-0.2, -0.15) is 0 Å². The van der Waals surface area contributed by atoms with Crippen molar-refractivity contribution in [1.29, 1.82) is 0 Å². The molecule has 0 radical (unpaired) electrons. The van der Waals surface area contributed by atoms with E-state index in [1.165, 1.54) is 11.3 Å². The van der Waals surface area contributed by atoms with Gasteiger partial charge in [-0.1, -0.05) is 12.1 Å². The Morgan fingerprint density at radius 3 is 2.66 bits per heavy atom. The maximum absolute atomic E-state index is 12.1. The third-order valence-electron chi connectivity index (χ3n) is 5.40. The van der Waals surface area contributed by atoms with E-state index >= 15 is 0 Å². The Morgan fingerprint density at radius 2 is 1.97 bits per heavy atom. The van der Waals surface area contributed by atoms with Gasteiger partial charge in [0.15, 0.2) is 5.96 Å². The molecule has 0 spiro atoms. The number of hydrogen-bond acceptors (Lipinski definition) is 5. The van der Waals surface area contributed by atoms with Gasteiger partial charge in [-0.05, 0) is 44.4 Å². The highest BCUT2D eigenvalue weighted by Gasteiger charge is 2.28. The Labute approximate surface area is 174 Å². The maximum Gasteiger partial charge on any atom is 0.310 e. The fraction of sp³-hybridized carbons (Fsp3) is 0.636. The third-order valence-corrected chi connectivity index (χ3v) is 5.40. The van der Waals surface area contributed by atoms with Crippen LogP contribution in [0.25, 0.3) is 0 Å². The Hall–Kier alpha value is -2.28. The molecule has 2 saturated heterocycles. The summed E-state index contributed by atoms with van der Waals surface area (Å²) in [4.78, 5) is 21.5. The Balaban J connectivity index is 1.61. The van der Waals surface area contributed by atoms with Gasteiger partial charge in [0.25, 0.3) is 0 Å². The van der Waals surface area contributed by atoms with Gasteiger partial charge in [-0.15, -0.1) is 0 Å². The molecule has 0 saturated carbocycles. The van der Waals surface area contributed by atoms with E-state index in [0.717, 1.165) is 58.2 Å². The second-order valence-corrected chi connectivity index (χ2v) is 7.47. The van der Waals surface area contributed by atoms with Gasteiger partial charge in [0.1, 0.15) is 0 Å². The van der Waals surface area contributed by atoms with E-state index in [1.807, 2.05) is 6.92 Å². The molecule has 29 heavy (non-hydrogen) atoms. The first-order valence-electron chi connectivity index (χ1n) is 10.8. The van der Waals surface area contributed by atoms with Crippen LogP contribution in [0.4, 0.5) is 5.69 Å². The molecule has 7 heteroatoms. The molecular formula is C22H34N4O3. The number of esters is 1. The molecular weight excluding hydrogens is 368 g/mol. The molecule has 3 rings (SSSR count). The lowest BCUT2D eigenvalue weighted by atomic mass is 9.98. The highest BCUT2D eigenvalue weighted by molar-refractivity contribution is 5.81. The molecule has 2 aliphatic heterocycles. The maximum atomic E-state index is 12.1. The van der Waals surface area contributed by atoms with E-state index in [1.54, 1.807) is 0 Å². The second kappa shape index (κ2) is 11.0. The van der Waals surface area contributed by atoms with Crippen LogP contribution in [0.3, 0.4) is 0 Å². The van der Waals surface area contributed by atoms with Gasteiger partial charge in [0, 0.05) is 38.4 Å². The lowest BCUT2D eigenvalue weighted by molar-refractivity contribution is -0.149. The molecule has 1 atom stereocenters. The molecule has 160 valence electrons. The van der Waals surface area contributed by atoms with Gasteiger partial charge in [-0.25, -0.2) is 4.99 Å². The van der Waals surface area contributed by atoms with Crippen molar-refractivity contribution in [1.82, 2.24) is 10.2 Å². The number of rotatable bonds is 6. The first kappa shape index (κ1) is 21.4. The van der Waals surface area contributed by atoms with E-state index in [0.29, 0.717) is 19.7 Å². The Morgan fingerprint density at radius 1 is 1.21 bits per heavy atom. The topological polar surface area (TPSA) is 66.4 Å². The van der Waals surface area contributed by atoms with Crippen LogP contribution in [0.1, 0.15) is 32.3 Å². The zero-order valence-electron chi connectivity index (χ0n) is 17.7. The minimum Gasteiger partial charge on any atom is -0.466 e. The number of anilines is 1. The summed E-state index contributed by atoms with van der Waals surface area (Å²) in [6, 6.07) is 8.63.